The molecule has 0 radical (unpaired) electrons. The molecular weight excluding hydrogens is 370 g/mol. The van der Waals surface area contributed by atoms with E-state index >= 15 is 0 Å². The lowest BCUT2D eigenvalue weighted by atomic mass is 9.80. The van der Waals surface area contributed by atoms with E-state index in [1.807, 2.05) is 42.5 Å². The molecule has 29 heavy (non-hydrogen) atoms. The van der Waals surface area contributed by atoms with Crippen molar-refractivity contribution in [3.8, 4) is 22.9 Å². The number of fused-ring (bicyclic) bond motifs is 1. The van der Waals surface area contributed by atoms with Gasteiger partial charge in [-0.15, -0.1) is 5.10 Å². The molecule has 1 saturated carbocycles. The van der Waals surface area contributed by atoms with Crippen LogP contribution in [0.3, 0.4) is 0 Å². The van der Waals surface area contributed by atoms with Gasteiger partial charge in [0.2, 0.25) is 6.79 Å². The van der Waals surface area contributed by atoms with Gasteiger partial charge in [0.25, 0.3) is 0 Å². The molecule has 0 atom stereocenters. The van der Waals surface area contributed by atoms with Crippen molar-refractivity contribution in [1.82, 2.24) is 20.2 Å². The van der Waals surface area contributed by atoms with Crippen LogP contribution in [0.2, 0.25) is 0 Å². The molecule has 0 saturated heterocycles. The number of benzene rings is 2. The zero-order chi connectivity index (χ0) is 19.7. The fraction of sp³-hybridized carbons (Fsp3) is 0.381. The number of tetrazole rings is 1. The summed E-state index contributed by atoms with van der Waals surface area (Å²) in [5.74, 6) is 3.05. The lowest BCUT2D eigenvalue weighted by Crippen LogP contribution is -2.40. The van der Waals surface area contributed by atoms with Crippen molar-refractivity contribution >= 4 is 5.69 Å². The number of hydrogen-bond acceptors (Lipinski definition) is 7. The number of methoxy groups -OCH3 is 1. The third-order valence-electron chi connectivity index (χ3n) is 5.69. The Bertz CT molecular complexity index is 1010. The summed E-state index contributed by atoms with van der Waals surface area (Å²) in [4.78, 5) is 0. The maximum absolute atomic E-state index is 5.56. The van der Waals surface area contributed by atoms with Crippen molar-refractivity contribution in [3.63, 3.8) is 0 Å². The van der Waals surface area contributed by atoms with Gasteiger partial charge in [0.05, 0.1) is 24.0 Å². The maximum Gasteiger partial charge on any atom is 0.231 e. The lowest BCUT2D eigenvalue weighted by Gasteiger charge is -2.38. The highest BCUT2D eigenvalue weighted by Gasteiger charge is 2.40. The number of rotatable bonds is 5. The summed E-state index contributed by atoms with van der Waals surface area (Å²) in [6.45, 7) is 0.237. The largest absolute Gasteiger partial charge is 0.495 e. The number of aromatic nitrogens is 4. The first-order chi connectivity index (χ1) is 14.3. The highest BCUT2D eigenvalue weighted by molar-refractivity contribution is 5.58. The summed E-state index contributed by atoms with van der Waals surface area (Å²) < 4.78 is 18.3. The summed E-state index contributed by atoms with van der Waals surface area (Å²) in [7, 11) is 1.69. The molecule has 0 spiro atoms. The molecule has 8 nitrogen and oxygen atoms in total. The molecule has 2 aromatic carbocycles. The van der Waals surface area contributed by atoms with Gasteiger partial charge < -0.3 is 19.5 Å². The number of para-hydroxylation sites is 2. The van der Waals surface area contributed by atoms with E-state index in [1.165, 1.54) is 6.42 Å². The molecule has 1 aromatic heterocycles. The minimum atomic E-state index is -0.382. The van der Waals surface area contributed by atoms with E-state index in [4.69, 9.17) is 14.2 Å². The van der Waals surface area contributed by atoms with Gasteiger partial charge in [-0.3, -0.25) is 0 Å². The Morgan fingerprint density at radius 2 is 1.86 bits per heavy atom. The van der Waals surface area contributed by atoms with Crippen LogP contribution in [0.25, 0.3) is 5.69 Å². The molecule has 1 aliphatic carbocycles. The van der Waals surface area contributed by atoms with Crippen LogP contribution in [0.15, 0.2) is 42.5 Å². The van der Waals surface area contributed by atoms with Gasteiger partial charge >= 0.3 is 0 Å². The van der Waals surface area contributed by atoms with Crippen LogP contribution in [0.5, 0.6) is 17.2 Å². The maximum atomic E-state index is 5.56. The molecule has 0 amide bonds. The number of anilines is 1. The van der Waals surface area contributed by atoms with E-state index in [0.29, 0.717) is 5.75 Å². The van der Waals surface area contributed by atoms with Crippen LogP contribution in [-0.2, 0) is 5.54 Å². The van der Waals surface area contributed by atoms with Crippen LogP contribution >= 0.6 is 0 Å². The van der Waals surface area contributed by atoms with Crippen molar-refractivity contribution in [2.75, 3.05) is 19.2 Å². The second kappa shape index (κ2) is 7.27. The van der Waals surface area contributed by atoms with Crippen molar-refractivity contribution in [3.05, 3.63) is 48.3 Å². The summed E-state index contributed by atoms with van der Waals surface area (Å²) >= 11 is 0. The number of nitrogens with zero attached hydrogens (tertiary/aromatic N) is 4. The Balaban J connectivity index is 1.57. The van der Waals surface area contributed by atoms with Crippen molar-refractivity contribution < 1.29 is 14.2 Å². The zero-order valence-corrected chi connectivity index (χ0v) is 16.3. The molecule has 5 rings (SSSR count). The molecule has 0 unspecified atom stereocenters. The molecule has 1 aliphatic heterocycles. The van der Waals surface area contributed by atoms with Gasteiger partial charge in [-0.05, 0) is 47.5 Å². The van der Waals surface area contributed by atoms with Gasteiger partial charge in [-0.2, -0.15) is 4.68 Å². The average molecular weight is 393 g/mol. The Morgan fingerprint density at radius 1 is 1.03 bits per heavy atom. The Hall–Kier alpha value is -3.29. The molecular formula is C21H23N5O3. The smallest absolute Gasteiger partial charge is 0.231 e. The second-order valence-corrected chi connectivity index (χ2v) is 7.42. The SMILES string of the molecule is COc1ccccc1NC1(c2nnnn2-c2ccc3c(c2)OCO3)CCCCC1. The fourth-order valence-electron chi connectivity index (χ4n) is 4.24. The van der Waals surface area contributed by atoms with Crippen LogP contribution in [0, 0.1) is 0 Å². The van der Waals surface area contributed by atoms with E-state index in [1.54, 1.807) is 11.8 Å². The molecule has 1 N–H and O–H groups in total. The third kappa shape index (κ3) is 3.14. The lowest BCUT2D eigenvalue weighted by molar-refractivity contribution is 0.174. The summed E-state index contributed by atoms with van der Waals surface area (Å²) in [6, 6.07) is 13.7. The van der Waals surface area contributed by atoms with Crippen molar-refractivity contribution in [2.24, 2.45) is 0 Å². The zero-order valence-electron chi connectivity index (χ0n) is 16.3. The number of ether oxygens (including phenoxy) is 3. The molecule has 8 heteroatoms. The van der Waals surface area contributed by atoms with Crippen molar-refractivity contribution in [1.29, 1.82) is 0 Å². The van der Waals surface area contributed by atoms with Gasteiger partial charge in [-0.25, -0.2) is 0 Å². The van der Waals surface area contributed by atoms with Crippen LogP contribution in [-0.4, -0.2) is 34.1 Å². The quantitative estimate of drug-likeness (QED) is 0.708. The summed E-state index contributed by atoms with van der Waals surface area (Å²) in [5.41, 5.74) is 1.41. The number of hydrogen-bond donors (Lipinski definition) is 1. The predicted molar refractivity (Wildman–Crippen MR) is 107 cm³/mol. The monoisotopic (exact) mass is 393 g/mol. The van der Waals surface area contributed by atoms with Crippen LogP contribution in [0.4, 0.5) is 5.69 Å². The van der Waals surface area contributed by atoms with Crippen LogP contribution in [0.1, 0.15) is 37.9 Å². The van der Waals surface area contributed by atoms with E-state index < -0.39 is 0 Å². The standard InChI is InChI=1S/C21H23N5O3/c1-27-17-8-4-3-7-16(17)22-21(11-5-2-6-12-21)20-23-24-25-26(20)15-9-10-18-19(13-15)29-14-28-18/h3-4,7-10,13,22H,2,5-6,11-12,14H2,1H3. The Kier molecular flexibility index (Phi) is 4.46. The fourth-order valence-corrected chi connectivity index (χ4v) is 4.24. The molecule has 3 aromatic rings. The Morgan fingerprint density at radius 3 is 2.72 bits per heavy atom. The second-order valence-electron chi connectivity index (χ2n) is 7.42. The predicted octanol–water partition coefficient (Wildman–Crippen LogP) is 3.67. The minimum absolute atomic E-state index is 0.237. The topological polar surface area (TPSA) is 83.3 Å². The first kappa shape index (κ1) is 17.8. The molecule has 0 bridgehead atoms. The average Bonchev–Trinajstić information content (AvgIpc) is 3.44. The molecule has 1 fully saturated rings. The summed E-state index contributed by atoms with van der Waals surface area (Å²) in [6.07, 6.45) is 5.30. The van der Waals surface area contributed by atoms with Gasteiger partial charge in [-0.1, -0.05) is 31.4 Å². The first-order valence-corrected chi connectivity index (χ1v) is 9.89. The highest BCUT2D eigenvalue weighted by atomic mass is 16.7. The summed E-state index contributed by atoms with van der Waals surface area (Å²) in [5, 5.41) is 16.5. The third-order valence-corrected chi connectivity index (χ3v) is 5.69. The molecule has 2 aliphatic rings. The van der Waals surface area contributed by atoms with E-state index in [9.17, 15) is 0 Å². The van der Waals surface area contributed by atoms with Gasteiger partial charge in [0.1, 0.15) is 5.75 Å². The van der Waals surface area contributed by atoms with Crippen LogP contribution < -0.4 is 19.5 Å². The Labute approximate surface area is 168 Å². The van der Waals surface area contributed by atoms with Gasteiger partial charge in [0, 0.05) is 6.07 Å². The van der Waals surface area contributed by atoms with E-state index in [2.05, 4.69) is 20.8 Å². The first-order valence-electron chi connectivity index (χ1n) is 9.89. The highest BCUT2D eigenvalue weighted by Crippen LogP contribution is 2.42. The molecule has 150 valence electrons. The number of nitrogens with one attached hydrogen (secondary N) is 1. The van der Waals surface area contributed by atoms with E-state index in [-0.39, 0.29) is 12.3 Å². The van der Waals surface area contributed by atoms with Gasteiger partial charge in [0.15, 0.2) is 17.3 Å². The van der Waals surface area contributed by atoms with E-state index in [0.717, 1.165) is 54.4 Å². The molecule has 2 heterocycles. The minimum Gasteiger partial charge on any atom is -0.495 e. The van der Waals surface area contributed by atoms with Crippen molar-refractivity contribution in [2.45, 2.75) is 37.6 Å². The normalized spacial score (nSPS) is 17.1.